The van der Waals surface area contributed by atoms with Crippen LogP contribution in [0, 0.1) is 0 Å². The average molecular weight is 515 g/mol. The minimum atomic E-state index is -0.833. The number of nitrogens with zero attached hydrogens (tertiary/aromatic N) is 2. The van der Waals surface area contributed by atoms with Gasteiger partial charge in [-0.15, -0.1) is 0 Å². The maximum atomic E-state index is 13.7. The molecule has 10 heteroatoms. The van der Waals surface area contributed by atoms with E-state index in [-0.39, 0.29) is 11.1 Å². The summed E-state index contributed by atoms with van der Waals surface area (Å²) in [5.41, 5.74) is 1.66. The Kier molecular flexibility index (Phi) is 7.00. The van der Waals surface area contributed by atoms with Crippen molar-refractivity contribution in [1.82, 2.24) is 4.57 Å². The molecular weight excluding hydrogens is 492 g/mol. The molecule has 0 unspecified atom stereocenters. The van der Waals surface area contributed by atoms with Gasteiger partial charge in [0.05, 0.1) is 44.2 Å². The lowest BCUT2D eigenvalue weighted by Crippen LogP contribution is -2.40. The second kappa shape index (κ2) is 9.97. The third-order valence-electron chi connectivity index (χ3n) is 5.62. The van der Waals surface area contributed by atoms with Crippen molar-refractivity contribution >= 4 is 35.0 Å². The Bertz CT molecular complexity index is 1520. The van der Waals surface area contributed by atoms with Gasteiger partial charge in [-0.05, 0) is 48.9 Å². The minimum absolute atomic E-state index is 0.234. The quantitative estimate of drug-likeness (QED) is 0.470. The third kappa shape index (κ3) is 4.44. The molecule has 0 amide bonds. The summed E-state index contributed by atoms with van der Waals surface area (Å²) in [5, 5.41) is 0.437. The lowest BCUT2D eigenvalue weighted by atomic mass is 9.95. The van der Waals surface area contributed by atoms with Crippen LogP contribution in [0.25, 0.3) is 6.08 Å². The van der Waals surface area contributed by atoms with Crippen molar-refractivity contribution in [2.75, 3.05) is 28.4 Å². The van der Waals surface area contributed by atoms with Crippen molar-refractivity contribution in [2.24, 2.45) is 4.99 Å². The zero-order valence-corrected chi connectivity index (χ0v) is 21.3. The van der Waals surface area contributed by atoms with E-state index in [0.717, 1.165) is 5.56 Å². The molecule has 0 saturated carbocycles. The van der Waals surface area contributed by atoms with Crippen molar-refractivity contribution in [1.29, 1.82) is 0 Å². The van der Waals surface area contributed by atoms with E-state index in [1.165, 1.54) is 30.1 Å². The number of esters is 1. The number of aromatic nitrogens is 1. The number of rotatable bonds is 6. The topological polar surface area (TPSA) is 88.4 Å². The van der Waals surface area contributed by atoms with Gasteiger partial charge < -0.3 is 18.9 Å². The molecule has 2 heterocycles. The van der Waals surface area contributed by atoms with E-state index in [4.69, 9.17) is 30.5 Å². The number of thiazole rings is 1. The van der Waals surface area contributed by atoms with Crippen LogP contribution in [0.3, 0.4) is 0 Å². The van der Waals surface area contributed by atoms with Gasteiger partial charge in [-0.3, -0.25) is 9.36 Å². The number of allylic oxidation sites excluding steroid dienone is 1. The molecule has 0 fully saturated rings. The van der Waals surface area contributed by atoms with Crippen LogP contribution in [0.15, 0.2) is 57.5 Å². The van der Waals surface area contributed by atoms with Crippen molar-refractivity contribution in [2.45, 2.75) is 13.0 Å². The summed E-state index contributed by atoms with van der Waals surface area (Å²) in [6.07, 6.45) is 1.75. The lowest BCUT2D eigenvalue weighted by molar-refractivity contribution is -0.136. The van der Waals surface area contributed by atoms with Crippen LogP contribution < -0.4 is 29.1 Å². The van der Waals surface area contributed by atoms with E-state index in [1.54, 1.807) is 57.6 Å². The number of benzene rings is 2. The largest absolute Gasteiger partial charge is 0.496 e. The first-order valence-electron chi connectivity index (χ1n) is 10.5. The van der Waals surface area contributed by atoms with Crippen LogP contribution in [0.1, 0.15) is 24.1 Å². The molecule has 1 atom stereocenters. The van der Waals surface area contributed by atoms with Crippen LogP contribution in [0.5, 0.6) is 17.2 Å². The molecule has 0 bridgehead atoms. The van der Waals surface area contributed by atoms with E-state index < -0.39 is 12.0 Å². The van der Waals surface area contributed by atoms with Crippen LogP contribution in [0.4, 0.5) is 0 Å². The van der Waals surface area contributed by atoms with E-state index in [1.807, 2.05) is 6.07 Å². The van der Waals surface area contributed by atoms with E-state index >= 15 is 0 Å². The molecule has 0 radical (unpaired) electrons. The van der Waals surface area contributed by atoms with Gasteiger partial charge in [0.2, 0.25) is 0 Å². The number of methoxy groups -OCH3 is 4. The van der Waals surface area contributed by atoms with Gasteiger partial charge in [0, 0.05) is 10.6 Å². The Balaban J connectivity index is 1.99. The Morgan fingerprint density at radius 2 is 1.71 bits per heavy atom. The molecule has 182 valence electrons. The SMILES string of the molecule is COC(=O)C1=C(C)N=c2s/c(=C\c3ccc(OC)c(OC)c3)c(=O)n2[C@H]1c1cc(Cl)ccc1OC. The second-order valence-corrected chi connectivity index (χ2v) is 9.02. The number of ether oxygens (including phenoxy) is 4. The normalized spacial score (nSPS) is 15.4. The van der Waals surface area contributed by atoms with Crippen LogP contribution in [-0.2, 0) is 9.53 Å². The second-order valence-electron chi connectivity index (χ2n) is 7.57. The highest BCUT2D eigenvalue weighted by molar-refractivity contribution is 7.07. The number of carbonyl (C=O) groups excluding carboxylic acids is 1. The first kappa shape index (κ1) is 24.6. The molecule has 2 aromatic carbocycles. The van der Waals surface area contributed by atoms with Gasteiger partial charge in [-0.1, -0.05) is 29.0 Å². The smallest absolute Gasteiger partial charge is 0.338 e. The predicted octanol–water partition coefficient (Wildman–Crippen LogP) is 3.09. The number of hydrogen-bond donors (Lipinski definition) is 0. The molecule has 1 aliphatic rings. The number of halogens is 1. The summed E-state index contributed by atoms with van der Waals surface area (Å²) < 4.78 is 23.2. The van der Waals surface area contributed by atoms with E-state index in [0.29, 0.717) is 42.9 Å². The standard InChI is InChI=1S/C25H23ClN2O6S/c1-13-21(24(30)34-5)22(16-12-15(26)7-9-17(16)31-2)28-23(29)20(35-25(28)27-13)11-14-6-8-18(32-3)19(10-14)33-4/h6-12,22H,1-5H3/b20-11-/t22-/m0/s1. The van der Waals surface area contributed by atoms with E-state index in [9.17, 15) is 9.59 Å². The molecule has 4 rings (SSSR count). The van der Waals surface area contributed by atoms with Crippen molar-refractivity contribution < 1.29 is 23.7 Å². The summed E-state index contributed by atoms with van der Waals surface area (Å²) in [5.74, 6) is 1.01. The Morgan fingerprint density at radius 3 is 2.37 bits per heavy atom. The molecular formula is C25H23ClN2O6S. The number of hydrogen-bond acceptors (Lipinski definition) is 8. The van der Waals surface area contributed by atoms with E-state index in [2.05, 4.69) is 4.99 Å². The zero-order valence-electron chi connectivity index (χ0n) is 19.7. The van der Waals surface area contributed by atoms with Gasteiger partial charge in [0.1, 0.15) is 11.8 Å². The molecule has 0 spiro atoms. The Hall–Kier alpha value is -3.56. The Labute approximate surface area is 210 Å². The monoisotopic (exact) mass is 514 g/mol. The van der Waals surface area contributed by atoms with Gasteiger partial charge in [-0.25, -0.2) is 9.79 Å². The van der Waals surface area contributed by atoms with Crippen LogP contribution in [-0.4, -0.2) is 39.0 Å². The first-order valence-corrected chi connectivity index (χ1v) is 11.7. The fraction of sp³-hybridized carbons (Fsp3) is 0.240. The summed E-state index contributed by atoms with van der Waals surface area (Å²) in [7, 11) is 5.91. The highest BCUT2D eigenvalue weighted by atomic mass is 35.5. The molecule has 0 N–H and O–H groups in total. The molecule has 0 saturated heterocycles. The third-order valence-corrected chi connectivity index (χ3v) is 6.84. The van der Waals surface area contributed by atoms with Gasteiger partial charge in [0.15, 0.2) is 16.3 Å². The van der Waals surface area contributed by atoms with Crippen LogP contribution in [0.2, 0.25) is 5.02 Å². The fourth-order valence-corrected chi connectivity index (χ4v) is 5.23. The molecule has 1 aliphatic heterocycles. The van der Waals surface area contributed by atoms with Gasteiger partial charge in [0.25, 0.3) is 5.56 Å². The summed E-state index contributed by atoms with van der Waals surface area (Å²) >= 11 is 7.52. The first-order chi connectivity index (χ1) is 16.8. The zero-order chi connectivity index (χ0) is 25.3. The summed E-state index contributed by atoms with van der Waals surface area (Å²) in [6, 6.07) is 9.58. The summed E-state index contributed by atoms with van der Waals surface area (Å²) in [6.45, 7) is 1.71. The number of fused-ring (bicyclic) bond motifs is 1. The van der Waals surface area contributed by atoms with Crippen molar-refractivity contribution in [3.8, 4) is 17.2 Å². The summed E-state index contributed by atoms with van der Waals surface area (Å²) in [4.78, 5) is 31.5. The van der Waals surface area contributed by atoms with Gasteiger partial charge in [-0.2, -0.15) is 0 Å². The molecule has 35 heavy (non-hydrogen) atoms. The Morgan fingerprint density at radius 1 is 1.03 bits per heavy atom. The fourth-order valence-electron chi connectivity index (χ4n) is 4.00. The highest BCUT2D eigenvalue weighted by Crippen LogP contribution is 2.37. The lowest BCUT2D eigenvalue weighted by Gasteiger charge is -2.25. The molecule has 1 aromatic heterocycles. The molecule has 0 aliphatic carbocycles. The van der Waals surface area contributed by atoms with Gasteiger partial charge >= 0.3 is 5.97 Å². The van der Waals surface area contributed by atoms with Crippen molar-refractivity contribution in [3.63, 3.8) is 0 Å². The highest BCUT2D eigenvalue weighted by Gasteiger charge is 2.35. The minimum Gasteiger partial charge on any atom is -0.496 e. The van der Waals surface area contributed by atoms with Crippen molar-refractivity contribution in [3.05, 3.63) is 83.5 Å². The molecule has 8 nitrogen and oxygen atoms in total. The maximum absolute atomic E-state index is 13.7. The molecule has 3 aromatic rings. The maximum Gasteiger partial charge on any atom is 0.338 e. The van der Waals surface area contributed by atoms with Crippen LogP contribution >= 0.6 is 22.9 Å². The predicted molar refractivity (Wildman–Crippen MR) is 133 cm³/mol. The average Bonchev–Trinajstić information content (AvgIpc) is 3.16. The number of carbonyl (C=O) groups is 1.